The van der Waals surface area contributed by atoms with Crippen molar-refractivity contribution in [2.45, 2.75) is 32.8 Å². The highest BCUT2D eigenvalue weighted by Gasteiger charge is 2.23. The van der Waals surface area contributed by atoms with Crippen LogP contribution in [0.3, 0.4) is 0 Å². The molecule has 2 aromatic rings. The van der Waals surface area contributed by atoms with Gasteiger partial charge in [0.05, 0.1) is 11.6 Å². The summed E-state index contributed by atoms with van der Waals surface area (Å²) < 4.78 is 5.71. The van der Waals surface area contributed by atoms with Gasteiger partial charge in [0.15, 0.2) is 0 Å². The zero-order valence-electron chi connectivity index (χ0n) is 17.0. The van der Waals surface area contributed by atoms with E-state index in [1.54, 1.807) is 24.3 Å². The van der Waals surface area contributed by atoms with Gasteiger partial charge < -0.3 is 20.7 Å². The van der Waals surface area contributed by atoms with Gasteiger partial charge in [-0.2, -0.15) is 0 Å². The number of carbonyl (C=O) groups excluding carboxylic acids is 2. The second-order valence-corrected chi connectivity index (χ2v) is 8.94. The molecular weight excluding hydrogens is 424 g/mol. The van der Waals surface area contributed by atoms with E-state index in [0.717, 1.165) is 37.4 Å². The van der Waals surface area contributed by atoms with Crippen molar-refractivity contribution in [3.05, 3.63) is 44.9 Å². The van der Waals surface area contributed by atoms with E-state index >= 15 is 0 Å². The summed E-state index contributed by atoms with van der Waals surface area (Å²) in [5.74, 6) is 0.317. The molecule has 9 heteroatoms. The molecule has 3 N–H and O–H groups in total. The molecule has 1 fully saturated rings. The van der Waals surface area contributed by atoms with Gasteiger partial charge in [0.25, 0.3) is 5.91 Å². The maximum atomic E-state index is 12.5. The Hall–Kier alpha value is -2.16. The van der Waals surface area contributed by atoms with Gasteiger partial charge >= 0.3 is 0 Å². The topological polar surface area (TPSA) is 97.6 Å². The van der Waals surface area contributed by atoms with Crippen LogP contribution in [0.5, 0.6) is 5.75 Å². The van der Waals surface area contributed by atoms with Crippen molar-refractivity contribution in [2.75, 3.05) is 26.2 Å². The Bertz CT molecular complexity index is 872. The van der Waals surface area contributed by atoms with Crippen molar-refractivity contribution in [2.24, 2.45) is 11.7 Å². The van der Waals surface area contributed by atoms with Gasteiger partial charge in [-0.3, -0.25) is 9.59 Å². The minimum Gasteiger partial charge on any atom is -0.486 e. The number of carbonyl (C=O) groups is 2. The molecule has 3 rings (SSSR count). The molecule has 2 heterocycles. The summed E-state index contributed by atoms with van der Waals surface area (Å²) in [6, 6.07) is 7.12. The smallest absolute Gasteiger partial charge is 0.263 e. The SMILES string of the molecule is Cc1nc(COc2ccc(Cl)cc2)sc1C(=O)NCCCN1CCCC(C(N)=O)C1. The number of aromatic nitrogens is 1. The zero-order valence-corrected chi connectivity index (χ0v) is 18.6. The molecule has 0 aliphatic carbocycles. The van der Waals surface area contributed by atoms with Crippen LogP contribution in [0.2, 0.25) is 5.02 Å². The first-order valence-electron chi connectivity index (χ1n) is 10.1. The fourth-order valence-electron chi connectivity index (χ4n) is 3.48. The van der Waals surface area contributed by atoms with E-state index in [4.69, 9.17) is 22.1 Å². The number of piperidine rings is 1. The standard InChI is InChI=1S/C21H27ClN4O3S/c1-14-19(30-18(25-14)13-29-17-7-5-16(22)6-8-17)21(28)24-9-3-11-26-10-2-4-15(12-26)20(23)27/h5-8,15H,2-4,9-13H2,1H3,(H2,23,27)(H,24,28). The first-order valence-corrected chi connectivity index (χ1v) is 11.3. The van der Waals surface area contributed by atoms with Gasteiger partial charge in [0.2, 0.25) is 5.91 Å². The lowest BCUT2D eigenvalue weighted by Gasteiger charge is -2.31. The van der Waals surface area contributed by atoms with E-state index < -0.39 is 0 Å². The number of hydrogen-bond donors (Lipinski definition) is 2. The van der Waals surface area contributed by atoms with Gasteiger partial charge in [0.1, 0.15) is 22.2 Å². The van der Waals surface area contributed by atoms with Crippen LogP contribution in [0.1, 0.15) is 39.6 Å². The minimum absolute atomic E-state index is 0.0540. The van der Waals surface area contributed by atoms with Gasteiger partial charge in [0, 0.05) is 18.1 Å². The van der Waals surface area contributed by atoms with Gasteiger partial charge in [-0.15, -0.1) is 11.3 Å². The fraction of sp³-hybridized carbons (Fsp3) is 0.476. The third-order valence-electron chi connectivity index (χ3n) is 5.07. The average molecular weight is 451 g/mol. The van der Waals surface area contributed by atoms with Crippen molar-refractivity contribution in [1.29, 1.82) is 0 Å². The predicted molar refractivity (Wildman–Crippen MR) is 118 cm³/mol. The maximum Gasteiger partial charge on any atom is 0.263 e. The van der Waals surface area contributed by atoms with Crippen LogP contribution in [0.25, 0.3) is 0 Å². The van der Waals surface area contributed by atoms with Crippen LogP contribution >= 0.6 is 22.9 Å². The number of halogens is 1. The number of aryl methyl sites for hydroxylation is 1. The summed E-state index contributed by atoms with van der Waals surface area (Å²) in [7, 11) is 0. The van der Waals surface area contributed by atoms with E-state index in [1.165, 1.54) is 11.3 Å². The van der Waals surface area contributed by atoms with E-state index in [-0.39, 0.29) is 17.7 Å². The first-order chi connectivity index (χ1) is 14.4. The van der Waals surface area contributed by atoms with Crippen LogP contribution in [-0.4, -0.2) is 47.9 Å². The Morgan fingerprint density at radius 3 is 2.87 bits per heavy atom. The molecule has 0 radical (unpaired) electrons. The van der Waals surface area contributed by atoms with E-state index in [9.17, 15) is 9.59 Å². The number of hydrogen-bond acceptors (Lipinski definition) is 6. The minimum atomic E-state index is -0.218. The van der Waals surface area contributed by atoms with Gasteiger partial charge in [-0.05, 0) is 63.5 Å². The Morgan fingerprint density at radius 1 is 1.37 bits per heavy atom. The number of primary amides is 1. The summed E-state index contributed by atoms with van der Waals surface area (Å²) in [5, 5.41) is 4.37. The molecule has 30 heavy (non-hydrogen) atoms. The molecule has 1 aromatic carbocycles. The number of nitrogens with zero attached hydrogens (tertiary/aromatic N) is 2. The number of likely N-dealkylation sites (tertiary alicyclic amines) is 1. The summed E-state index contributed by atoms with van der Waals surface area (Å²) in [5.41, 5.74) is 6.12. The molecule has 1 saturated heterocycles. The number of ether oxygens (including phenoxy) is 1. The molecular formula is C21H27ClN4O3S. The average Bonchev–Trinajstić information content (AvgIpc) is 3.11. The van der Waals surface area contributed by atoms with Crippen molar-refractivity contribution in [1.82, 2.24) is 15.2 Å². The summed E-state index contributed by atoms with van der Waals surface area (Å²) in [6.45, 7) is 5.23. The Balaban J connectivity index is 1.42. The molecule has 7 nitrogen and oxygen atoms in total. The van der Waals surface area contributed by atoms with Crippen LogP contribution in [0.4, 0.5) is 0 Å². The lowest BCUT2D eigenvalue weighted by Crippen LogP contribution is -2.42. The molecule has 1 atom stereocenters. The van der Waals surface area contributed by atoms with Crippen molar-refractivity contribution >= 4 is 34.8 Å². The quantitative estimate of drug-likeness (QED) is 0.572. The van der Waals surface area contributed by atoms with Gasteiger partial charge in [-0.1, -0.05) is 11.6 Å². The highest BCUT2D eigenvalue weighted by molar-refractivity contribution is 7.13. The van der Waals surface area contributed by atoms with Crippen LogP contribution in [-0.2, 0) is 11.4 Å². The molecule has 0 saturated carbocycles. The van der Waals surface area contributed by atoms with Crippen LogP contribution < -0.4 is 15.8 Å². The zero-order chi connectivity index (χ0) is 21.5. The van der Waals surface area contributed by atoms with E-state index in [0.29, 0.717) is 41.0 Å². The number of amides is 2. The second-order valence-electron chi connectivity index (χ2n) is 7.42. The summed E-state index contributed by atoms with van der Waals surface area (Å²) in [6.07, 6.45) is 2.68. The highest BCUT2D eigenvalue weighted by Crippen LogP contribution is 2.21. The predicted octanol–water partition coefficient (Wildman–Crippen LogP) is 3.00. The molecule has 0 spiro atoms. The number of nitrogens with one attached hydrogen (secondary N) is 1. The molecule has 1 aromatic heterocycles. The Labute approximate surface area is 185 Å². The Kier molecular flexibility index (Phi) is 8.07. The summed E-state index contributed by atoms with van der Waals surface area (Å²) in [4.78, 5) is 31.2. The second kappa shape index (κ2) is 10.7. The largest absolute Gasteiger partial charge is 0.486 e. The number of benzene rings is 1. The van der Waals surface area contributed by atoms with Crippen molar-refractivity contribution in [3.63, 3.8) is 0 Å². The van der Waals surface area contributed by atoms with E-state index in [1.807, 2.05) is 6.92 Å². The maximum absolute atomic E-state index is 12.5. The lowest BCUT2D eigenvalue weighted by molar-refractivity contribution is -0.123. The van der Waals surface area contributed by atoms with Crippen molar-refractivity contribution < 1.29 is 14.3 Å². The molecule has 0 bridgehead atoms. The van der Waals surface area contributed by atoms with E-state index in [2.05, 4.69) is 15.2 Å². The number of thiazole rings is 1. The normalized spacial score (nSPS) is 16.9. The Morgan fingerprint density at radius 2 is 2.13 bits per heavy atom. The first kappa shape index (κ1) is 22.5. The number of rotatable bonds is 9. The monoisotopic (exact) mass is 450 g/mol. The third-order valence-corrected chi connectivity index (χ3v) is 6.45. The van der Waals surface area contributed by atoms with Crippen LogP contribution in [0.15, 0.2) is 24.3 Å². The van der Waals surface area contributed by atoms with Crippen molar-refractivity contribution in [3.8, 4) is 5.75 Å². The molecule has 1 aliphatic heterocycles. The molecule has 162 valence electrons. The third kappa shape index (κ3) is 6.42. The summed E-state index contributed by atoms with van der Waals surface area (Å²) >= 11 is 7.21. The van der Waals surface area contributed by atoms with Crippen LogP contribution in [0, 0.1) is 12.8 Å². The molecule has 1 aliphatic rings. The fourth-order valence-corrected chi connectivity index (χ4v) is 4.50. The van der Waals surface area contributed by atoms with Gasteiger partial charge in [-0.25, -0.2) is 4.98 Å². The highest BCUT2D eigenvalue weighted by atomic mass is 35.5. The molecule has 2 amide bonds. The lowest BCUT2D eigenvalue weighted by atomic mass is 9.97. The number of nitrogens with two attached hydrogens (primary N) is 1. The molecule has 1 unspecified atom stereocenters.